The highest BCUT2D eigenvalue weighted by Crippen LogP contribution is 2.35. The van der Waals surface area contributed by atoms with Gasteiger partial charge >= 0.3 is 0 Å². The number of hydrogen-bond donors (Lipinski definition) is 1. The van der Waals surface area contributed by atoms with Crippen LogP contribution < -0.4 is 14.8 Å². The molecule has 0 atom stereocenters. The van der Waals surface area contributed by atoms with Crippen LogP contribution in [0.5, 0.6) is 11.5 Å². The maximum Gasteiger partial charge on any atom is 0.294 e. The Labute approximate surface area is 224 Å². The number of ether oxygens (including phenoxy) is 2. The van der Waals surface area contributed by atoms with Crippen LogP contribution in [0.15, 0.2) is 65.6 Å². The number of anilines is 1. The second-order valence-electron chi connectivity index (χ2n) is 8.46. The standard InChI is InChI=1S/C28H25ClN2O5S/c1-17-4-5-18(2)22(12-17)30-26(32)15-31-27(33)25(37-28(31)34)14-20-8-11-23(24(13-20)35-3)36-16-19-6-9-21(29)10-7-19/h4-14H,15-16H2,1-3H3,(H,30,32)/b25-14+. The summed E-state index contributed by atoms with van der Waals surface area (Å²) in [5.74, 6) is 0.0508. The number of thioether (sulfide) groups is 1. The van der Waals surface area contributed by atoms with E-state index in [1.54, 1.807) is 36.4 Å². The van der Waals surface area contributed by atoms with Gasteiger partial charge in [0.2, 0.25) is 5.91 Å². The second-order valence-corrected chi connectivity index (χ2v) is 9.89. The van der Waals surface area contributed by atoms with Crippen molar-refractivity contribution in [3.8, 4) is 11.5 Å². The van der Waals surface area contributed by atoms with E-state index in [0.29, 0.717) is 34.4 Å². The fourth-order valence-corrected chi connectivity index (χ4v) is 4.59. The first kappa shape index (κ1) is 26.3. The van der Waals surface area contributed by atoms with E-state index in [1.807, 2.05) is 44.2 Å². The highest BCUT2D eigenvalue weighted by Gasteiger charge is 2.36. The number of benzene rings is 3. The highest BCUT2D eigenvalue weighted by atomic mass is 35.5. The Morgan fingerprint density at radius 1 is 1.03 bits per heavy atom. The van der Waals surface area contributed by atoms with Gasteiger partial charge in [0.25, 0.3) is 11.1 Å². The van der Waals surface area contributed by atoms with Gasteiger partial charge in [-0.3, -0.25) is 19.3 Å². The molecule has 0 aliphatic carbocycles. The molecule has 1 heterocycles. The van der Waals surface area contributed by atoms with Crippen molar-refractivity contribution in [1.29, 1.82) is 0 Å². The molecule has 0 aromatic heterocycles. The number of halogens is 1. The van der Waals surface area contributed by atoms with E-state index in [1.165, 1.54) is 7.11 Å². The Balaban J connectivity index is 1.43. The van der Waals surface area contributed by atoms with Gasteiger partial charge in [-0.2, -0.15) is 0 Å². The van der Waals surface area contributed by atoms with Crippen molar-refractivity contribution in [3.05, 3.63) is 92.8 Å². The van der Waals surface area contributed by atoms with Crippen LogP contribution in [0.1, 0.15) is 22.3 Å². The van der Waals surface area contributed by atoms with Crippen molar-refractivity contribution in [3.63, 3.8) is 0 Å². The lowest BCUT2D eigenvalue weighted by molar-refractivity contribution is -0.127. The Kier molecular flexibility index (Phi) is 8.21. The van der Waals surface area contributed by atoms with Gasteiger partial charge in [-0.1, -0.05) is 41.9 Å². The zero-order valence-corrected chi connectivity index (χ0v) is 22.1. The molecule has 0 saturated carbocycles. The molecule has 0 unspecified atom stereocenters. The molecular weight excluding hydrogens is 512 g/mol. The molecule has 37 heavy (non-hydrogen) atoms. The number of hydrogen-bond acceptors (Lipinski definition) is 6. The molecule has 3 aromatic rings. The molecule has 0 spiro atoms. The number of aryl methyl sites for hydroxylation is 2. The number of amides is 3. The third kappa shape index (κ3) is 6.53. The van der Waals surface area contributed by atoms with Gasteiger partial charge in [-0.25, -0.2) is 0 Å². The lowest BCUT2D eigenvalue weighted by Crippen LogP contribution is -2.36. The Morgan fingerprint density at radius 2 is 1.78 bits per heavy atom. The average Bonchev–Trinajstić information content (AvgIpc) is 3.13. The Hall–Kier alpha value is -3.75. The number of rotatable bonds is 8. The fourth-order valence-electron chi connectivity index (χ4n) is 3.63. The van der Waals surface area contributed by atoms with Crippen LogP contribution >= 0.6 is 23.4 Å². The minimum atomic E-state index is -0.520. The van der Waals surface area contributed by atoms with Crippen molar-refractivity contribution in [1.82, 2.24) is 4.90 Å². The smallest absolute Gasteiger partial charge is 0.294 e. The molecule has 1 aliphatic rings. The average molecular weight is 537 g/mol. The quantitative estimate of drug-likeness (QED) is 0.344. The summed E-state index contributed by atoms with van der Waals surface area (Å²) in [6.45, 7) is 3.76. The SMILES string of the molecule is COc1cc(/C=C2/SC(=O)N(CC(=O)Nc3cc(C)ccc3C)C2=O)ccc1OCc1ccc(Cl)cc1. The molecule has 7 nitrogen and oxygen atoms in total. The zero-order chi connectivity index (χ0) is 26.5. The first-order valence-electron chi connectivity index (χ1n) is 11.4. The Bertz CT molecular complexity index is 1390. The first-order chi connectivity index (χ1) is 17.7. The summed E-state index contributed by atoms with van der Waals surface area (Å²) in [5, 5.41) is 2.93. The van der Waals surface area contributed by atoms with Gasteiger partial charge in [-0.15, -0.1) is 0 Å². The monoisotopic (exact) mass is 536 g/mol. The predicted molar refractivity (Wildman–Crippen MR) is 146 cm³/mol. The third-order valence-corrected chi connectivity index (χ3v) is 6.79. The van der Waals surface area contributed by atoms with Crippen LogP contribution in [-0.2, 0) is 16.2 Å². The summed E-state index contributed by atoms with van der Waals surface area (Å²) in [5.41, 5.74) is 4.14. The lowest BCUT2D eigenvalue weighted by Gasteiger charge is -2.14. The van der Waals surface area contributed by atoms with Gasteiger partial charge in [0.05, 0.1) is 12.0 Å². The van der Waals surface area contributed by atoms with Gasteiger partial charge in [0.1, 0.15) is 13.2 Å². The minimum Gasteiger partial charge on any atom is -0.493 e. The molecule has 3 aromatic carbocycles. The maximum absolute atomic E-state index is 12.9. The van der Waals surface area contributed by atoms with E-state index in [-0.39, 0.29) is 11.4 Å². The van der Waals surface area contributed by atoms with Crippen LogP contribution in [0.3, 0.4) is 0 Å². The second kappa shape index (κ2) is 11.5. The number of nitrogens with one attached hydrogen (secondary N) is 1. The normalized spacial score (nSPS) is 14.3. The largest absolute Gasteiger partial charge is 0.493 e. The van der Waals surface area contributed by atoms with Gasteiger partial charge in [0, 0.05) is 10.7 Å². The fraction of sp³-hybridized carbons (Fsp3) is 0.179. The summed E-state index contributed by atoms with van der Waals surface area (Å²) in [6.07, 6.45) is 1.60. The molecule has 4 rings (SSSR count). The topological polar surface area (TPSA) is 84.9 Å². The molecule has 1 aliphatic heterocycles. The summed E-state index contributed by atoms with van der Waals surface area (Å²) < 4.78 is 11.3. The molecule has 3 amide bonds. The highest BCUT2D eigenvalue weighted by molar-refractivity contribution is 8.18. The number of carbonyl (C=O) groups excluding carboxylic acids is 3. The van der Waals surface area contributed by atoms with Crippen LogP contribution in [-0.4, -0.2) is 35.6 Å². The third-order valence-electron chi connectivity index (χ3n) is 5.64. The molecular formula is C28H25ClN2O5S. The van der Waals surface area contributed by atoms with Crippen LogP contribution in [0, 0.1) is 13.8 Å². The van der Waals surface area contributed by atoms with Crippen molar-refractivity contribution in [2.45, 2.75) is 20.5 Å². The Morgan fingerprint density at radius 3 is 2.51 bits per heavy atom. The lowest BCUT2D eigenvalue weighted by atomic mass is 10.1. The van der Waals surface area contributed by atoms with Crippen LogP contribution in [0.25, 0.3) is 6.08 Å². The summed E-state index contributed by atoms with van der Waals surface area (Å²) >= 11 is 6.72. The van der Waals surface area contributed by atoms with Crippen LogP contribution in [0.2, 0.25) is 5.02 Å². The first-order valence-corrected chi connectivity index (χ1v) is 12.6. The molecule has 0 bridgehead atoms. The number of methoxy groups -OCH3 is 1. The summed E-state index contributed by atoms with van der Waals surface area (Å²) in [4.78, 5) is 39.1. The molecule has 1 saturated heterocycles. The maximum atomic E-state index is 12.9. The number of imide groups is 1. The van der Waals surface area contributed by atoms with E-state index in [4.69, 9.17) is 21.1 Å². The van der Waals surface area contributed by atoms with Crippen molar-refractivity contribution < 1.29 is 23.9 Å². The summed E-state index contributed by atoms with van der Waals surface area (Å²) in [6, 6.07) is 18.2. The number of carbonyl (C=O) groups is 3. The molecule has 9 heteroatoms. The van der Waals surface area contributed by atoms with Crippen molar-refractivity contribution >= 4 is 52.2 Å². The minimum absolute atomic E-state index is 0.224. The van der Waals surface area contributed by atoms with E-state index >= 15 is 0 Å². The zero-order valence-electron chi connectivity index (χ0n) is 20.5. The van der Waals surface area contributed by atoms with Gasteiger partial charge in [0.15, 0.2) is 11.5 Å². The van der Waals surface area contributed by atoms with Crippen molar-refractivity contribution in [2.24, 2.45) is 0 Å². The van der Waals surface area contributed by atoms with Gasteiger partial charge < -0.3 is 14.8 Å². The molecule has 1 fully saturated rings. The predicted octanol–water partition coefficient (Wildman–Crippen LogP) is 6.22. The van der Waals surface area contributed by atoms with E-state index < -0.39 is 17.1 Å². The van der Waals surface area contributed by atoms with E-state index in [0.717, 1.165) is 33.4 Å². The van der Waals surface area contributed by atoms with E-state index in [2.05, 4.69) is 5.32 Å². The summed E-state index contributed by atoms with van der Waals surface area (Å²) in [7, 11) is 1.52. The molecule has 1 N–H and O–H groups in total. The van der Waals surface area contributed by atoms with Crippen molar-refractivity contribution in [2.75, 3.05) is 19.0 Å². The molecule has 0 radical (unpaired) electrons. The van der Waals surface area contributed by atoms with Crippen LogP contribution in [0.4, 0.5) is 10.5 Å². The number of nitrogens with zero attached hydrogens (tertiary/aromatic N) is 1. The van der Waals surface area contributed by atoms with E-state index in [9.17, 15) is 14.4 Å². The van der Waals surface area contributed by atoms with Gasteiger partial charge in [-0.05, 0) is 84.3 Å². The molecule has 190 valence electrons.